The first-order chi connectivity index (χ1) is 22.7. The molecule has 11 atom stereocenters. The van der Waals surface area contributed by atoms with Crippen LogP contribution >= 0.6 is 0 Å². The number of aryl methyl sites for hydroxylation is 2. The number of esters is 2. The summed E-state index contributed by atoms with van der Waals surface area (Å²) in [7, 11) is 0. The summed E-state index contributed by atoms with van der Waals surface area (Å²) in [5.41, 5.74) is 0.968. The molecule has 5 aliphatic rings. The summed E-state index contributed by atoms with van der Waals surface area (Å²) in [4.78, 5) is 32.1. The third-order valence-corrected chi connectivity index (χ3v) is 15.2. The molecular weight excluding hydrogens is 600 g/mol. The third kappa shape index (κ3) is 5.35. The highest BCUT2D eigenvalue weighted by atomic mass is 16.5. The summed E-state index contributed by atoms with van der Waals surface area (Å²) in [6.07, 6.45) is 14.2. The van der Waals surface area contributed by atoms with Gasteiger partial charge in [-0.05, 0) is 113 Å². The van der Waals surface area contributed by atoms with E-state index < -0.39 is 16.9 Å². The van der Waals surface area contributed by atoms with Crippen LogP contribution in [0.15, 0.2) is 36.7 Å². The Balaban J connectivity index is 1.22. The van der Waals surface area contributed by atoms with Crippen LogP contribution in [0.1, 0.15) is 124 Å². The Morgan fingerprint density at radius 3 is 2.50 bits per heavy atom. The fourth-order valence-electron chi connectivity index (χ4n) is 12.7. The lowest BCUT2D eigenvalue weighted by Crippen LogP contribution is -2.69. The number of hydrogen-bond acceptors (Lipinski definition) is 6. The maximum absolute atomic E-state index is 14.4. The van der Waals surface area contributed by atoms with Crippen molar-refractivity contribution in [1.82, 2.24) is 9.55 Å². The van der Waals surface area contributed by atoms with E-state index >= 15 is 0 Å². The molecule has 4 aliphatic carbocycles. The Labute approximate surface area is 289 Å². The van der Waals surface area contributed by atoms with Crippen molar-refractivity contribution in [2.45, 2.75) is 144 Å². The number of carbonyl (C=O) groups excluding carboxylic acids is 2. The number of ether oxygens (including phenoxy) is 2. The molecule has 0 unspecified atom stereocenters. The zero-order chi connectivity index (χ0) is 34.6. The minimum Gasteiger partial charge on any atom is -0.465 e. The van der Waals surface area contributed by atoms with Gasteiger partial charge in [0.2, 0.25) is 0 Å². The third-order valence-electron chi connectivity index (χ3n) is 15.2. The lowest BCUT2D eigenvalue weighted by atomic mass is 9.33. The first kappa shape index (κ1) is 35.4. The van der Waals surface area contributed by atoms with E-state index in [1.807, 2.05) is 6.20 Å². The van der Waals surface area contributed by atoms with Crippen LogP contribution < -0.4 is 0 Å². The molecule has 0 aromatic carbocycles. The molecule has 0 amide bonds. The van der Waals surface area contributed by atoms with Crippen LogP contribution in [0, 0.1) is 51.2 Å². The van der Waals surface area contributed by atoms with E-state index in [0.717, 1.165) is 101 Å². The van der Waals surface area contributed by atoms with Crippen molar-refractivity contribution >= 4 is 11.9 Å². The molecule has 7 nitrogen and oxygen atoms in total. The van der Waals surface area contributed by atoms with Crippen molar-refractivity contribution in [2.24, 2.45) is 51.2 Å². The van der Waals surface area contributed by atoms with Gasteiger partial charge in [0, 0.05) is 36.7 Å². The van der Waals surface area contributed by atoms with Gasteiger partial charge in [0.1, 0.15) is 11.9 Å². The summed E-state index contributed by atoms with van der Waals surface area (Å²) in [5, 5.41) is 11.8. The van der Waals surface area contributed by atoms with Crippen LogP contribution in [-0.2, 0) is 32.0 Å². The van der Waals surface area contributed by atoms with Gasteiger partial charge in [0.25, 0.3) is 0 Å². The molecule has 1 N–H and O–H groups in total. The Morgan fingerprint density at radius 1 is 1.04 bits per heavy atom. The second-order valence-corrected chi connectivity index (χ2v) is 17.3. The SMILES string of the molecule is C=C(C)[C@@H]1CC[C@]2(C(=O)OCCCCCCn3ccnc3CC)CC[C@]3(C)[C@H](C[C@H]4OC(=O)C[C@@H](O)[C@]5(C)[C@@H]4[C@@]3(C)CC[C@H]5C(=C)C)[C@@H]12. The summed E-state index contributed by atoms with van der Waals surface area (Å²) in [5.74, 6) is 1.53. The molecule has 5 fully saturated rings. The predicted molar refractivity (Wildman–Crippen MR) is 188 cm³/mol. The number of nitrogens with zero attached hydrogens (tertiary/aromatic N) is 2. The highest BCUT2D eigenvalue weighted by Gasteiger charge is 2.74. The molecule has 0 radical (unpaired) electrons. The average Bonchev–Trinajstić information content (AvgIpc) is 3.64. The van der Waals surface area contributed by atoms with Crippen LogP contribution in [-0.4, -0.2) is 45.4 Å². The van der Waals surface area contributed by atoms with Gasteiger partial charge in [-0.1, -0.05) is 58.4 Å². The highest BCUT2D eigenvalue weighted by molar-refractivity contribution is 5.78. The van der Waals surface area contributed by atoms with Gasteiger partial charge < -0.3 is 19.1 Å². The quantitative estimate of drug-likeness (QED) is 0.146. The molecule has 2 heterocycles. The predicted octanol–water partition coefficient (Wildman–Crippen LogP) is 8.25. The van der Waals surface area contributed by atoms with E-state index in [1.54, 1.807) is 0 Å². The monoisotopic (exact) mass is 662 g/mol. The van der Waals surface area contributed by atoms with Crippen molar-refractivity contribution in [3.8, 4) is 0 Å². The molecule has 48 heavy (non-hydrogen) atoms. The van der Waals surface area contributed by atoms with Crippen molar-refractivity contribution in [3.05, 3.63) is 42.5 Å². The van der Waals surface area contributed by atoms with Gasteiger partial charge in [-0.2, -0.15) is 0 Å². The molecule has 1 aromatic rings. The highest BCUT2D eigenvalue weighted by Crippen LogP contribution is 2.77. The second kappa shape index (κ2) is 13.0. The van der Waals surface area contributed by atoms with Crippen molar-refractivity contribution < 1.29 is 24.2 Å². The van der Waals surface area contributed by atoms with Crippen LogP contribution in [0.4, 0.5) is 0 Å². The Morgan fingerprint density at radius 2 is 1.79 bits per heavy atom. The van der Waals surface area contributed by atoms with Gasteiger partial charge >= 0.3 is 11.9 Å². The van der Waals surface area contributed by atoms with E-state index in [4.69, 9.17) is 9.47 Å². The fraction of sp³-hybridized carbons (Fsp3) is 0.780. The van der Waals surface area contributed by atoms with Gasteiger partial charge in [0.05, 0.1) is 24.5 Å². The van der Waals surface area contributed by atoms with Gasteiger partial charge in [-0.3, -0.25) is 9.59 Å². The molecule has 6 rings (SSSR count). The molecule has 1 aromatic heterocycles. The van der Waals surface area contributed by atoms with Crippen LogP contribution in [0.3, 0.4) is 0 Å². The van der Waals surface area contributed by atoms with Crippen molar-refractivity contribution in [2.75, 3.05) is 6.61 Å². The minimum atomic E-state index is -0.770. The van der Waals surface area contributed by atoms with Gasteiger partial charge in [-0.15, -0.1) is 0 Å². The van der Waals surface area contributed by atoms with E-state index in [-0.39, 0.29) is 64.9 Å². The van der Waals surface area contributed by atoms with Crippen LogP contribution in [0.2, 0.25) is 0 Å². The molecule has 0 bridgehead atoms. The number of aliphatic hydroxyl groups excluding tert-OH is 1. The summed E-state index contributed by atoms with van der Waals surface area (Å²) >= 11 is 0. The molecule has 266 valence electrons. The summed E-state index contributed by atoms with van der Waals surface area (Å²) in [6, 6.07) is 0. The lowest BCUT2D eigenvalue weighted by molar-refractivity contribution is -0.260. The van der Waals surface area contributed by atoms with Crippen LogP contribution in [0.25, 0.3) is 0 Å². The van der Waals surface area contributed by atoms with E-state index in [9.17, 15) is 14.7 Å². The Kier molecular flexibility index (Phi) is 9.63. The van der Waals surface area contributed by atoms with Crippen LogP contribution in [0.5, 0.6) is 0 Å². The number of carbonyl (C=O) groups is 2. The first-order valence-electron chi connectivity index (χ1n) is 19.1. The number of hydrogen-bond donors (Lipinski definition) is 1. The van der Waals surface area contributed by atoms with Crippen molar-refractivity contribution in [1.29, 1.82) is 0 Å². The van der Waals surface area contributed by atoms with E-state index in [1.165, 1.54) is 0 Å². The number of allylic oxidation sites excluding steroid dienone is 2. The molecule has 0 spiro atoms. The molecule has 7 heteroatoms. The smallest absolute Gasteiger partial charge is 0.312 e. The number of fused-ring (bicyclic) bond motifs is 4. The lowest BCUT2D eigenvalue weighted by Gasteiger charge is -2.71. The standard InChI is InChI=1S/C41H62N2O5/c1-9-33-42-20-22-43(33)21-12-10-11-13-23-47-37(46)41-17-14-28(26(2)3)35(41)30-24-31-36-39(7,38(30,6)18-19-41)16-15-29(27(4)5)40(36,8)32(44)25-34(45)48-31/h20,22,28-32,35-36,44H,2,4,9-19,21,23-25H2,1,3,5-8H3/t28-,29-,30+,31+,32+,35+,36-,38+,39+,40+,41-/m0/s1. The number of aromatic nitrogens is 2. The molecule has 1 aliphatic heterocycles. The minimum absolute atomic E-state index is 0.0132. The number of rotatable bonds is 11. The maximum atomic E-state index is 14.4. The normalized spacial score (nSPS) is 41.7. The Hall–Kier alpha value is -2.41. The van der Waals surface area contributed by atoms with Gasteiger partial charge in [-0.25, -0.2) is 4.98 Å². The molecule has 4 saturated carbocycles. The molecular formula is C41H62N2O5. The average molecular weight is 663 g/mol. The first-order valence-corrected chi connectivity index (χ1v) is 19.1. The summed E-state index contributed by atoms with van der Waals surface area (Å²) in [6.45, 7) is 23.8. The number of imidazole rings is 1. The van der Waals surface area contributed by atoms with E-state index in [0.29, 0.717) is 6.61 Å². The van der Waals surface area contributed by atoms with Crippen molar-refractivity contribution in [3.63, 3.8) is 0 Å². The number of aliphatic hydroxyl groups is 1. The second-order valence-electron chi connectivity index (χ2n) is 17.3. The van der Waals surface area contributed by atoms with E-state index in [2.05, 4.69) is 70.4 Å². The molecule has 1 saturated heterocycles. The fourth-order valence-corrected chi connectivity index (χ4v) is 12.7. The zero-order valence-electron chi connectivity index (χ0n) is 30.7. The zero-order valence-corrected chi connectivity index (χ0v) is 30.7. The van der Waals surface area contributed by atoms with Gasteiger partial charge in [0.15, 0.2) is 0 Å². The largest absolute Gasteiger partial charge is 0.465 e. The number of unbranched alkanes of at least 4 members (excludes halogenated alkanes) is 3. The summed E-state index contributed by atoms with van der Waals surface area (Å²) < 4.78 is 14.9. The Bertz CT molecular complexity index is 1420. The maximum Gasteiger partial charge on any atom is 0.312 e. The topological polar surface area (TPSA) is 90.7 Å².